The zero-order valence-electron chi connectivity index (χ0n) is 5.18. The number of rotatable bonds is 3. The zero-order valence-corrected chi connectivity index (χ0v) is 6.00. The van der Waals surface area contributed by atoms with E-state index in [2.05, 4.69) is 0 Å². The molecular formula is C4H5F2NO3S. The number of nitrogens with zero attached hydrogens (tertiary/aromatic N) is 1. The second-order valence-corrected chi connectivity index (χ2v) is 2.68. The Hall–Kier alpha value is -0.950. The third-order valence-electron chi connectivity index (χ3n) is 0.673. The van der Waals surface area contributed by atoms with E-state index in [-0.39, 0.29) is 17.0 Å². The molecule has 4 nitrogen and oxygen atoms in total. The van der Waals surface area contributed by atoms with Gasteiger partial charge in [0.15, 0.2) is 0 Å². The quantitative estimate of drug-likeness (QED) is 0.666. The second-order valence-electron chi connectivity index (χ2n) is 1.36. The fraction of sp³-hybridized carbons (Fsp3) is 0. The van der Waals surface area contributed by atoms with E-state index < -0.39 is 10.3 Å². The highest BCUT2D eigenvalue weighted by Gasteiger charge is 2.10. The molecule has 0 heterocycles. The summed E-state index contributed by atoms with van der Waals surface area (Å²) < 4.78 is 51.2. The van der Waals surface area contributed by atoms with Crippen LogP contribution in [0.4, 0.5) is 8.78 Å². The molecule has 0 aliphatic rings. The van der Waals surface area contributed by atoms with Gasteiger partial charge in [0, 0.05) is 0 Å². The average Bonchev–Trinajstić information content (AvgIpc) is 1.85. The molecule has 0 aromatic carbocycles. The van der Waals surface area contributed by atoms with Crippen molar-refractivity contribution in [2.75, 3.05) is 0 Å². The smallest absolute Gasteiger partial charge is 0.269 e. The van der Waals surface area contributed by atoms with Gasteiger partial charge < -0.3 is 0 Å². The fourth-order valence-electron chi connectivity index (χ4n) is 0.315. The lowest BCUT2D eigenvalue weighted by Gasteiger charge is -2.07. The van der Waals surface area contributed by atoms with E-state index in [1.54, 1.807) is 0 Å². The molecule has 1 N–H and O–H groups in total. The van der Waals surface area contributed by atoms with E-state index in [1.807, 2.05) is 0 Å². The second kappa shape index (κ2) is 4.04. The van der Waals surface area contributed by atoms with Crippen molar-refractivity contribution in [3.63, 3.8) is 0 Å². The van der Waals surface area contributed by atoms with Crippen molar-refractivity contribution < 1.29 is 21.8 Å². The summed E-state index contributed by atoms with van der Waals surface area (Å²) in [5.74, 6) is 0. The van der Waals surface area contributed by atoms with Gasteiger partial charge in [-0.3, -0.25) is 4.55 Å². The fourth-order valence-corrected chi connectivity index (χ4v) is 0.714. The molecular weight excluding hydrogens is 180 g/mol. The zero-order chi connectivity index (χ0) is 8.91. The normalized spacial score (nSPS) is 13.0. The molecule has 0 saturated carbocycles. The van der Waals surface area contributed by atoms with E-state index in [1.165, 1.54) is 0 Å². The molecule has 0 aromatic heterocycles. The minimum Gasteiger partial charge on any atom is -0.269 e. The van der Waals surface area contributed by atoms with E-state index in [4.69, 9.17) is 4.55 Å². The summed E-state index contributed by atoms with van der Waals surface area (Å²) >= 11 is 0. The first-order valence-corrected chi connectivity index (χ1v) is 3.71. The molecule has 0 spiro atoms. The molecule has 0 atom stereocenters. The highest BCUT2D eigenvalue weighted by Crippen LogP contribution is 1.99. The minimum absolute atomic E-state index is 0.0347. The number of hydrogen-bond acceptors (Lipinski definition) is 2. The highest BCUT2D eigenvalue weighted by atomic mass is 32.2. The summed E-state index contributed by atoms with van der Waals surface area (Å²) in [5, 5.41) is 0. The summed E-state index contributed by atoms with van der Waals surface area (Å²) in [6.45, 7) is 0. The maximum absolute atomic E-state index is 11.3. The topological polar surface area (TPSA) is 57.6 Å². The third kappa shape index (κ3) is 3.68. The molecule has 64 valence electrons. The summed E-state index contributed by atoms with van der Waals surface area (Å²) in [6, 6.07) is 0. The summed E-state index contributed by atoms with van der Waals surface area (Å²) in [7, 11) is -4.61. The van der Waals surface area contributed by atoms with Crippen LogP contribution in [0.3, 0.4) is 0 Å². The van der Waals surface area contributed by atoms with Crippen molar-refractivity contribution in [3.05, 3.63) is 25.1 Å². The van der Waals surface area contributed by atoms with E-state index in [0.29, 0.717) is 12.4 Å². The largest absolute Gasteiger partial charge is 0.363 e. The minimum atomic E-state index is -4.61. The van der Waals surface area contributed by atoms with E-state index in [0.717, 1.165) is 0 Å². The van der Waals surface area contributed by atoms with Gasteiger partial charge in [0.05, 0.1) is 12.4 Å². The molecule has 0 bridgehead atoms. The SMILES string of the molecule is O=S(=O)(O)N(/C=C/F)/C=C/F. The maximum atomic E-state index is 11.3. The first-order chi connectivity index (χ1) is 5.02. The van der Waals surface area contributed by atoms with E-state index in [9.17, 15) is 17.2 Å². The Morgan fingerprint density at radius 2 is 1.55 bits per heavy atom. The van der Waals surface area contributed by atoms with Crippen LogP contribution in [0.1, 0.15) is 0 Å². The Kier molecular flexibility index (Phi) is 3.69. The van der Waals surface area contributed by atoms with Gasteiger partial charge >= 0.3 is 10.3 Å². The first kappa shape index (κ1) is 10.0. The standard InChI is InChI=1S/C4H5F2NO3S/c5-1-3-7(4-2-6)11(8,9)10/h1-4H,(H,8,9,10)/b3-1+,4-2+. The molecule has 0 aromatic rings. The Morgan fingerprint density at radius 3 is 1.73 bits per heavy atom. The summed E-state index contributed by atoms with van der Waals surface area (Å²) in [6.07, 6.45) is 0.359. The lowest BCUT2D eigenvalue weighted by atomic mass is 10.9. The third-order valence-corrected chi connectivity index (χ3v) is 1.45. The van der Waals surface area contributed by atoms with Crippen LogP contribution in [0.2, 0.25) is 0 Å². The van der Waals surface area contributed by atoms with Gasteiger partial charge in [0.2, 0.25) is 0 Å². The maximum Gasteiger partial charge on any atom is 0.363 e. The lowest BCUT2D eigenvalue weighted by Crippen LogP contribution is -2.18. The van der Waals surface area contributed by atoms with Crippen LogP contribution in [0.15, 0.2) is 25.1 Å². The average molecular weight is 185 g/mol. The van der Waals surface area contributed by atoms with Crippen LogP contribution in [0, 0.1) is 0 Å². The van der Waals surface area contributed by atoms with Crippen LogP contribution >= 0.6 is 0 Å². The molecule has 11 heavy (non-hydrogen) atoms. The molecule has 0 fully saturated rings. The molecule has 0 unspecified atom stereocenters. The van der Waals surface area contributed by atoms with E-state index >= 15 is 0 Å². The Bertz CT molecular complexity index is 247. The summed E-state index contributed by atoms with van der Waals surface area (Å²) in [5.41, 5.74) is 0. The van der Waals surface area contributed by atoms with Crippen LogP contribution < -0.4 is 0 Å². The molecule has 7 heteroatoms. The predicted molar refractivity (Wildman–Crippen MR) is 33.9 cm³/mol. The van der Waals surface area contributed by atoms with Crippen molar-refractivity contribution in [1.82, 2.24) is 4.31 Å². The molecule has 0 radical (unpaired) electrons. The number of hydrogen-bond donors (Lipinski definition) is 1. The first-order valence-electron chi connectivity index (χ1n) is 2.32. The van der Waals surface area contributed by atoms with Gasteiger partial charge in [0.25, 0.3) is 0 Å². The van der Waals surface area contributed by atoms with Gasteiger partial charge in [0.1, 0.15) is 12.7 Å². The summed E-state index contributed by atoms with van der Waals surface area (Å²) in [4.78, 5) is 0. The van der Waals surface area contributed by atoms with Crippen molar-refractivity contribution in [2.24, 2.45) is 0 Å². The van der Waals surface area contributed by atoms with Crippen LogP contribution in [-0.4, -0.2) is 17.3 Å². The molecule has 0 aliphatic heterocycles. The van der Waals surface area contributed by atoms with Crippen molar-refractivity contribution in [2.45, 2.75) is 0 Å². The van der Waals surface area contributed by atoms with Crippen molar-refractivity contribution in [1.29, 1.82) is 0 Å². The lowest BCUT2D eigenvalue weighted by molar-refractivity contribution is 0.435. The van der Waals surface area contributed by atoms with Gasteiger partial charge in [-0.15, -0.1) is 0 Å². The van der Waals surface area contributed by atoms with Crippen LogP contribution in [0.5, 0.6) is 0 Å². The predicted octanol–water partition coefficient (Wildman–Crippen LogP) is 0.973. The van der Waals surface area contributed by atoms with Crippen molar-refractivity contribution in [3.8, 4) is 0 Å². The van der Waals surface area contributed by atoms with Crippen LogP contribution in [0.25, 0.3) is 0 Å². The monoisotopic (exact) mass is 185 g/mol. The van der Waals surface area contributed by atoms with Crippen LogP contribution in [-0.2, 0) is 10.3 Å². The van der Waals surface area contributed by atoms with Crippen molar-refractivity contribution >= 4 is 10.3 Å². The molecule has 0 saturated heterocycles. The Balaban J connectivity index is 4.62. The molecule has 0 rings (SSSR count). The molecule has 0 amide bonds. The Labute approximate surface area is 62.3 Å². The van der Waals surface area contributed by atoms with Gasteiger partial charge in [-0.05, 0) is 0 Å². The highest BCUT2D eigenvalue weighted by molar-refractivity contribution is 7.83. The number of halogens is 2. The van der Waals surface area contributed by atoms with Gasteiger partial charge in [-0.25, -0.2) is 13.1 Å². The van der Waals surface area contributed by atoms with Gasteiger partial charge in [-0.2, -0.15) is 8.42 Å². The Morgan fingerprint density at radius 1 is 1.18 bits per heavy atom. The molecule has 0 aliphatic carbocycles. The van der Waals surface area contributed by atoms with Gasteiger partial charge in [-0.1, -0.05) is 0 Å².